The maximum Gasteiger partial charge on any atom is 0.240 e. The molecule has 0 aliphatic carbocycles. The van der Waals surface area contributed by atoms with Gasteiger partial charge >= 0.3 is 0 Å². The van der Waals surface area contributed by atoms with E-state index in [9.17, 15) is 0 Å². The zero-order chi connectivity index (χ0) is 45.0. The topological polar surface area (TPSA) is 9.23 Å². The SMILES string of the molecule is CCC=CCCCCCCCCCC=CCCCCCCCCCCCCCCCCCCCCCCCCCCCCCC(O[SiH](c1ccccc1)c1ccccc1)C(C)(C)C. The molecule has 0 N–H and O–H groups in total. The van der Waals surface area contributed by atoms with Crippen LogP contribution in [0.4, 0.5) is 0 Å². The molecule has 1 unspecified atom stereocenters. The molecule has 0 fully saturated rings. The molecule has 0 aromatic heterocycles. The lowest BCUT2D eigenvalue weighted by Crippen LogP contribution is -2.49. The van der Waals surface area contributed by atoms with Crippen molar-refractivity contribution in [1.82, 2.24) is 0 Å². The van der Waals surface area contributed by atoms with Crippen LogP contribution in [0.3, 0.4) is 0 Å². The molecular formula is C61H106OSi. The second kappa shape index (κ2) is 42.7. The largest absolute Gasteiger partial charge is 0.407 e. The Labute approximate surface area is 396 Å². The first-order chi connectivity index (χ1) is 31.0. The molecule has 360 valence electrons. The van der Waals surface area contributed by atoms with Gasteiger partial charge in [0.05, 0.1) is 6.10 Å². The summed E-state index contributed by atoms with van der Waals surface area (Å²) < 4.78 is 7.10. The third-order valence-electron chi connectivity index (χ3n) is 13.6. The highest BCUT2D eigenvalue weighted by atomic mass is 28.3. The average molecular weight is 884 g/mol. The van der Waals surface area contributed by atoms with Crippen molar-refractivity contribution in [3.8, 4) is 0 Å². The number of allylic oxidation sites excluding steroid dienone is 4. The minimum absolute atomic E-state index is 0.150. The lowest BCUT2D eigenvalue weighted by molar-refractivity contribution is 0.0788. The van der Waals surface area contributed by atoms with Gasteiger partial charge in [0.25, 0.3) is 0 Å². The summed E-state index contributed by atoms with van der Waals surface area (Å²) in [6, 6.07) is 22.0. The van der Waals surface area contributed by atoms with E-state index in [1.165, 1.54) is 261 Å². The zero-order valence-electron chi connectivity index (χ0n) is 42.7. The first kappa shape index (κ1) is 57.2. The molecule has 0 aliphatic rings. The van der Waals surface area contributed by atoms with Crippen LogP contribution in [-0.2, 0) is 4.43 Å². The maximum absolute atomic E-state index is 7.10. The first-order valence-corrected chi connectivity index (χ1v) is 29.7. The van der Waals surface area contributed by atoms with Crippen LogP contribution >= 0.6 is 0 Å². The van der Waals surface area contributed by atoms with Crippen molar-refractivity contribution in [2.75, 3.05) is 0 Å². The van der Waals surface area contributed by atoms with Crippen LogP contribution in [0.5, 0.6) is 0 Å². The highest BCUT2D eigenvalue weighted by Crippen LogP contribution is 2.28. The second-order valence-electron chi connectivity index (χ2n) is 20.7. The molecule has 0 aliphatic heterocycles. The summed E-state index contributed by atoms with van der Waals surface area (Å²) in [5, 5.41) is 2.78. The number of benzene rings is 2. The molecule has 2 aromatic rings. The predicted molar refractivity (Wildman–Crippen MR) is 288 cm³/mol. The summed E-state index contributed by atoms with van der Waals surface area (Å²) in [5.41, 5.74) is 0.150. The molecule has 1 atom stereocenters. The zero-order valence-corrected chi connectivity index (χ0v) is 43.9. The summed E-state index contributed by atoms with van der Waals surface area (Å²) in [6.45, 7) is 9.32. The van der Waals surface area contributed by atoms with E-state index in [4.69, 9.17) is 4.43 Å². The van der Waals surface area contributed by atoms with E-state index in [-0.39, 0.29) is 5.41 Å². The van der Waals surface area contributed by atoms with E-state index in [2.05, 4.69) is 113 Å². The van der Waals surface area contributed by atoms with E-state index in [0.29, 0.717) is 6.10 Å². The number of rotatable bonds is 45. The highest BCUT2D eigenvalue weighted by molar-refractivity contribution is 6.80. The van der Waals surface area contributed by atoms with Crippen LogP contribution in [0.25, 0.3) is 0 Å². The summed E-state index contributed by atoms with van der Waals surface area (Å²) in [7, 11) is -1.72. The highest BCUT2D eigenvalue weighted by Gasteiger charge is 2.30. The van der Waals surface area contributed by atoms with Crippen LogP contribution < -0.4 is 10.4 Å². The third-order valence-corrected chi connectivity index (χ3v) is 16.2. The van der Waals surface area contributed by atoms with Crippen molar-refractivity contribution in [1.29, 1.82) is 0 Å². The number of hydrogen-bond donors (Lipinski definition) is 0. The van der Waals surface area contributed by atoms with Gasteiger partial charge in [0.15, 0.2) is 0 Å². The fraction of sp³-hybridized carbons (Fsp3) is 0.738. The molecule has 0 bridgehead atoms. The Bertz CT molecular complexity index is 1220. The fourth-order valence-electron chi connectivity index (χ4n) is 9.41. The summed E-state index contributed by atoms with van der Waals surface area (Å²) in [6.07, 6.45) is 65.1. The van der Waals surface area contributed by atoms with Gasteiger partial charge in [-0.15, -0.1) is 0 Å². The van der Waals surface area contributed by atoms with E-state index < -0.39 is 9.04 Å². The van der Waals surface area contributed by atoms with Crippen molar-refractivity contribution in [2.45, 2.75) is 284 Å². The van der Waals surface area contributed by atoms with Gasteiger partial charge in [0, 0.05) is 0 Å². The normalized spacial score (nSPS) is 12.7. The van der Waals surface area contributed by atoms with Crippen LogP contribution in [0.2, 0.25) is 0 Å². The first-order valence-electron chi connectivity index (χ1n) is 28.1. The lowest BCUT2D eigenvalue weighted by atomic mass is 9.86. The van der Waals surface area contributed by atoms with Crippen LogP contribution in [0.15, 0.2) is 85.0 Å². The summed E-state index contributed by atoms with van der Waals surface area (Å²) >= 11 is 0. The van der Waals surface area contributed by atoms with Gasteiger partial charge in [-0.3, -0.25) is 0 Å². The van der Waals surface area contributed by atoms with Gasteiger partial charge in [-0.05, 0) is 67.2 Å². The molecule has 0 saturated carbocycles. The smallest absolute Gasteiger partial charge is 0.240 e. The molecule has 0 radical (unpaired) electrons. The molecule has 1 nitrogen and oxygen atoms in total. The Morgan fingerprint density at radius 1 is 0.365 bits per heavy atom. The molecule has 0 spiro atoms. The van der Waals surface area contributed by atoms with Gasteiger partial charge in [0.2, 0.25) is 9.04 Å². The van der Waals surface area contributed by atoms with Gasteiger partial charge in [-0.25, -0.2) is 0 Å². The molecule has 0 saturated heterocycles. The molecule has 2 aromatic carbocycles. The summed E-state index contributed by atoms with van der Waals surface area (Å²) in [5.74, 6) is 0. The van der Waals surface area contributed by atoms with Crippen molar-refractivity contribution >= 4 is 19.4 Å². The van der Waals surface area contributed by atoms with E-state index in [1.807, 2.05) is 0 Å². The molecule has 63 heavy (non-hydrogen) atoms. The Balaban J connectivity index is 1.25. The van der Waals surface area contributed by atoms with E-state index in [1.54, 1.807) is 0 Å². The molecule has 2 heteroatoms. The van der Waals surface area contributed by atoms with Crippen molar-refractivity contribution < 1.29 is 4.43 Å². The van der Waals surface area contributed by atoms with Gasteiger partial charge in [0.1, 0.15) is 0 Å². The Morgan fingerprint density at radius 3 is 0.889 bits per heavy atom. The minimum atomic E-state index is -1.72. The monoisotopic (exact) mass is 883 g/mol. The Hall–Kier alpha value is -1.90. The van der Waals surface area contributed by atoms with Gasteiger partial charge < -0.3 is 4.43 Å². The number of unbranched alkanes of at least 4 members (excludes halogenated alkanes) is 35. The molecule has 2 rings (SSSR count). The Kier molecular flexibility index (Phi) is 38.8. The minimum Gasteiger partial charge on any atom is -0.407 e. The van der Waals surface area contributed by atoms with Crippen LogP contribution in [-0.4, -0.2) is 15.1 Å². The van der Waals surface area contributed by atoms with Crippen LogP contribution in [0.1, 0.15) is 278 Å². The standard InChI is InChI=1S/C61H106OSi/c1-5-6-7-8-9-10-11-12-13-14-15-16-17-18-19-20-21-22-23-24-25-26-27-28-29-30-31-32-33-34-35-36-37-38-39-40-41-42-43-44-45-52-57-60(61(2,3)4)62-63(58-53-48-46-49-54-58)59-55-50-47-51-56-59/h6-7,17-18,46-51,53-56,60,63H,5,8-16,19-45,52,57H2,1-4H3. The van der Waals surface area contributed by atoms with Crippen LogP contribution in [0, 0.1) is 5.41 Å². The van der Waals surface area contributed by atoms with Gasteiger partial charge in [-0.2, -0.15) is 0 Å². The van der Waals surface area contributed by atoms with Crippen molar-refractivity contribution in [3.05, 3.63) is 85.0 Å². The average Bonchev–Trinajstić information content (AvgIpc) is 3.29. The molecular weight excluding hydrogens is 777 g/mol. The second-order valence-corrected chi connectivity index (χ2v) is 23.1. The molecule has 0 heterocycles. The van der Waals surface area contributed by atoms with E-state index >= 15 is 0 Å². The number of hydrogen-bond acceptors (Lipinski definition) is 1. The van der Waals surface area contributed by atoms with Crippen molar-refractivity contribution in [3.63, 3.8) is 0 Å². The third kappa shape index (κ3) is 35.0. The van der Waals surface area contributed by atoms with E-state index in [0.717, 1.165) is 0 Å². The maximum atomic E-state index is 7.10. The quantitative estimate of drug-likeness (QED) is 0.0366. The molecule has 0 amide bonds. The summed E-state index contributed by atoms with van der Waals surface area (Å²) in [4.78, 5) is 0. The Morgan fingerprint density at radius 2 is 0.619 bits per heavy atom. The predicted octanol–water partition coefficient (Wildman–Crippen LogP) is 19.3. The van der Waals surface area contributed by atoms with Gasteiger partial charge in [-0.1, -0.05) is 312 Å². The fourth-order valence-corrected chi connectivity index (χ4v) is 12.1. The van der Waals surface area contributed by atoms with Crippen molar-refractivity contribution in [2.24, 2.45) is 5.41 Å². The lowest BCUT2D eigenvalue weighted by Gasteiger charge is -2.34.